The van der Waals surface area contributed by atoms with Crippen molar-refractivity contribution in [3.05, 3.63) is 28.2 Å². The first-order valence-electron chi connectivity index (χ1n) is 6.87. The topological polar surface area (TPSA) is 29.3 Å². The molecule has 0 fully saturated rings. The van der Waals surface area contributed by atoms with E-state index >= 15 is 0 Å². The predicted molar refractivity (Wildman–Crippen MR) is 92.0 cm³/mol. The lowest BCUT2D eigenvalue weighted by atomic mass is 10.1. The fourth-order valence-electron chi connectivity index (χ4n) is 2.08. The summed E-state index contributed by atoms with van der Waals surface area (Å²) < 4.78 is 1.01. The van der Waals surface area contributed by atoms with Gasteiger partial charge in [0.15, 0.2) is 0 Å². The molecule has 0 aromatic heterocycles. The standard InChI is InChI=1S/C15H23BrN2S/c1-4-6-9-18(11(3)5-2)14-8-7-12(16)10-13(14)15(17)19/h7-8,10-11H,4-6,9H2,1-3H3,(H2,17,19). The summed E-state index contributed by atoms with van der Waals surface area (Å²) in [5.41, 5.74) is 7.99. The number of thiocarbonyl (C=S) groups is 1. The van der Waals surface area contributed by atoms with Crippen LogP contribution in [0, 0.1) is 0 Å². The predicted octanol–water partition coefficient (Wildman–Crippen LogP) is 4.49. The van der Waals surface area contributed by atoms with Gasteiger partial charge >= 0.3 is 0 Å². The quantitative estimate of drug-likeness (QED) is 0.740. The van der Waals surface area contributed by atoms with Crippen LogP contribution in [-0.2, 0) is 0 Å². The highest BCUT2D eigenvalue weighted by Crippen LogP contribution is 2.27. The van der Waals surface area contributed by atoms with Crippen molar-refractivity contribution in [1.29, 1.82) is 0 Å². The molecular weight excluding hydrogens is 320 g/mol. The molecule has 1 unspecified atom stereocenters. The summed E-state index contributed by atoms with van der Waals surface area (Å²) in [6, 6.07) is 6.67. The SMILES string of the molecule is CCCCN(c1ccc(Br)cc1C(N)=S)C(C)CC. The van der Waals surface area contributed by atoms with Crippen LogP contribution in [0.5, 0.6) is 0 Å². The number of rotatable bonds is 7. The molecule has 1 atom stereocenters. The van der Waals surface area contributed by atoms with Gasteiger partial charge in [-0.05, 0) is 38.0 Å². The molecule has 1 aromatic carbocycles. The molecule has 0 saturated heterocycles. The van der Waals surface area contributed by atoms with Crippen LogP contribution in [-0.4, -0.2) is 17.6 Å². The number of hydrogen-bond donors (Lipinski definition) is 1. The number of nitrogens with two attached hydrogens (primary N) is 1. The third-order valence-corrected chi connectivity index (χ3v) is 4.12. The number of anilines is 1. The molecule has 4 heteroatoms. The highest BCUT2D eigenvalue weighted by atomic mass is 79.9. The maximum atomic E-state index is 5.88. The van der Waals surface area contributed by atoms with Crippen LogP contribution in [0.2, 0.25) is 0 Å². The van der Waals surface area contributed by atoms with Crippen molar-refractivity contribution in [3.8, 4) is 0 Å². The van der Waals surface area contributed by atoms with E-state index in [1.54, 1.807) is 0 Å². The van der Waals surface area contributed by atoms with Crippen molar-refractivity contribution < 1.29 is 0 Å². The molecule has 19 heavy (non-hydrogen) atoms. The molecule has 0 spiro atoms. The Morgan fingerprint density at radius 1 is 1.42 bits per heavy atom. The van der Waals surface area contributed by atoms with E-state index in [-0.39, 0.29) is 0 Å². The minimum atomic E-state index is 0.459. The Bertz CT molecular complexity index is 434. The van der Waals surface area contributed by atoms with Gasteiger partial charge in [-0.25, -0.2) is 0 Å². The van der Waals surface area contributed by atoms with Crippen molar-refractivity contribution in [1.82, 2.24) is 0 Å². The second-order valence-electron chi connectivity index (χ2n) is 4.83. The van der Waals surface area contributed by atoms with E-state index in [9.17, 15) is 0 Å². The van der Waals surface area contributed by atoms with E-state index in [4.69, 9.17) is 18.0 Å². The summed E-state index contributed by atoms with van der Waals surface area (Å²) >= 11 is 8.68. The second-order valence-corrected chi connectivity index (χ2v) is 6.19. The van der Waals surface area contributed by atoms with Gasteiger partial charge in [0.1, 0.15) is 4.99 Å². The van der Waals surface area contributed by atoms with Gasteiger partial charge in [-0.15, -0.1) is 0 Å². The van der Waals surface area contributed by atoms with Crippen LogP contribution in [0.15, 0.2) is 22.7 Å². The van der Waals surface area contributed by atoms with Crippen molar-refractivity contribution in [2.24, 2.45) is 5.73 Å². The first-order chi connectivity index (χ1) is 9.01. The average Bonchev–Trinajstić information content (AvgIpc) is 2.39. The van der Waals surface area contributed by atoms with E-state index in [0.717, 1.165) is 28.7 Å². The van der Waals surface area contributed by atoms with Gasteiger partial charge in [0.25, 0.3) is 0 Å². The number of unbranched alkanes of at least 4 members (excludes halogenated alkanes) is 1. The minimum absolute atomic E-state index is 0.459. The van der Waals surface area contributed by atoms with Crippen LogP contribution < -0.4 is 10.6 Å². The molecule has 0 bridgehead atoms. The van der Waals surface area contributed by atoms with Crippen molar-refractivity contribution in [2.75, 3.05) is 11.4 Å². The molecule has 0 saturated carbocycles. The number of hydrogen-bond acceptors (Lipinski definition) is 2. The molecule has 0 aliphatic rings. The van der Waals surface area contributed by atoms with Gasteiger partial charge in [-0.2, -0.15) is 0 Å². The smallest absolute Gasteiger partial charge is 0.106 e. The molecule has 1 aromatic rings. The van der Waals surface area contributed by atoms with Crippen molar-refractivity contribution >= 4 is 38.8 Å². The summed E-state index contributed by atoms with van der Waals surface area (Å²) in [5, 5.41) is 0. The largest absolute Gasteiger partial charge is 0.389 e. The van der Waals surface area contributed by atoms with E-state index in [2.05, 4.69) is 53.7 Å². The first kappa shape index (κ1) is 16.4. The molecule has 0 heterocycles. The van der Waals surface area contributed by atoms with Crippen LogP contribution in [0.25, 0.3) is 0 Å². The van der Waals surface area contributed by atoms with E-state index in [0.29, 0.717) is 11.0 Å². The third kappa shape index (κ3) is 4.46. The maximum Gasteiger partial charge on any atom is 0.106 e. The summed E-state index contributed by atoms with van der Waals surface area (Å²) in [5.74, 6) is 0. The Kier molecular flexibility index (Phi) is 6.80. The summed E-state index contributed by atoms with van der Waals surface area (Å²) in [4.78, 5) is 2.88. The van der Waals surface area contributed by atoms with Crippen molar-refractivity contribution in [2.45, 2.75) is 46.1 Å². The number of benzene rings is 1. The monoisotopic (exact) mass is 342 g/mol. The van der Waals surface area contributed by atoms with Gasteiger partial charge in [0, 0.05) is 28.3 Å². The van der Waals surface area contributed by atoms with Crippen LogP contribution >= 0.6 is 28.1 Å². The zero-order valence-electron chi connectivity index (χ0n) is 11.9. The molecule has 106 valence electrons. The zero-order chi connectivity index (χ0) is 14.4. The third-order valence-electron chi connectivity index (χ3n) is 3.41. The zero-order valence-corrected chi connectivity index (χ0v) is 14.4. The van der Waals surface area contributed by atoms with E-state index in [1.165, 1.54) is 12.8 Å². The lowest BCUT2D eigenvalue weighted by Crippen LogP contribution is -2.35. The Morgan fingerprint density at radius 3 is 2.63 bits per heavy atom. The van der Waals surface area contributed by atoms with Gasteiger partial charge < -0.3 is 10.6 Å². The molecule has 2 nitrogen and oxygen atoms in total. The Balaban J connectivity index is 3.17. The summed E-state index contributed by atoms with van der Waals surface area (Å²) in [7, 11) is 0. The Labute approximate surface area is 130 Å². The Hall–Kier alpha value is -0.610. The van der Waals surface area contributed by atoms with Gasteiger partial charge in [-0.1, -0.05) is 48.4 Å². The molecule has 0 amide bonds. The second kappa shape index (κ2) is 7.85. The van der Waals surface area contributed by atoms with E-state index in [1.807, 2.05) is 6.07 Å². The minimum Gasteiger partial charge on any atom is -0.389 e. The number of nitrogens with zero attached hydrogens (tertiary/aromatic N) is 1. The van der Waals surface area contributed by atoms with Crippen LogP contribution in [0.1, 0.15) is 45.6 Å². The van der Waals surface area contributed by atoms with Crippen molar-refractivity contribution in [3.63, 3.8) is 0 Å². The number of halogens is 1. The van der Waals surface area contributed by atoms with Gasteiger partial charge in [-0.3, -0.25) is 0 Å². The molecular formula is C15H23BrN2S. The molecule has 2 N–H and O–H groups in total. The lowest BCUT2D eigenvalue weighted by Gasteiger charge is -2.32. The Morgan fingerprint density at radius 2 is 2.11 bits per heavy atom. The fourth-order valence-corrected chi connectivity index (χ4v) is 2.61. The molecule has 0 aliphatic carbocycles. The van der Waals surface area contributed by atoms with E-state index < -0.39 is 0 Å². The molecule has 1 rings (SSSR count). The lowest BCUT2D eigenvalue weighted by molar-refractivity contribution is 0.595. The van der Waals surface area contributed by atoms with Gasteiger partial charge in [0.2, 0.25) is 0 Å². The normalized spacial score (nSPS) is 12.2. The highest BCUT2D eigenvalue weighted by Gasteiger charge is 2.17. The van der Waals surface area contributed by atoms with Crippen LogP contribution in [0.3, 0.4) is 0 Å². The average molecular weight is 343 g/mol. The summed E-state index contributed by atoms with van der Waals surface area (Å²) in [6.45, 7) is 7.72. The highest BCUT2D eigenvalue weighted by molar-refractivity contribution is 9.10. The first-order valence-corrected chi connectivity index (χ1v) is 8.07. The maximum absolute atomic E-state index is 5.88. The van der Waals surface area contributed by atoms with Crippen LogP contribution in [0.4, 0.5) is 5.69 Å². The molecule has 0 aliphatic heterocycles. The molecule has 0 radical (unpaired) electrons. The summed E-state index contributed by atoms with van der Waals surface area (Å²) in [6.07, 6.45) is 3.47. The van der Waals surface area contributed by atoms with Gasteiger partial charge in [0.05, 0.1) is 0 Å². The fraction of sp³-hybridized carbons (Fsp3) is 0.533.